The Kier molecular flexibility index (Phi) is 9.31. The quantitative estimate of drug-likeness (QED) is 0.179. The third-order valence-corrected chi connectivity index (χ3v) is 7.24. The molecule has 11 nitrogen and oxygen atoms in total. The molecule has 0 amide bonds. The van der Waals surface area contributed by atoms with Gasteiger partial charge in [0.15, 0.2) is 11.6 Å². The lowest BCUT2D eigenvalue weighted by Crippen LogP contribution is -2.30. The first-order valence-corrected chi connectivity index (χ1v) is 15.1. The summed E-state index contributed by atoms with van der Waals surface area (Å²) in [5.74, 6) is 0.469. The maximum Gasteiger partial charge on any atom is 0.316 e. The van der Waals surface area contributed by atoms with Gasteiger partial charge in [0.1, 0.15) is 13.2 Å². The molecule has 2 N–H and O–H groups in total. The third kappa shape index (κ3) is 7.84. The van der Waals surface area contributed by atoms with Gasteiger partial charge >= 0.3 is 16.2 Å². The Morgan fingerprint density at radius 3 is 2.24 bits per heavy atom. The summed E-state index contributed by atoms with van der Waals surface area (Å²) in [5.41, 5.74) is 3.50. The number of halogens is 1. The molecule has 3 aromatic heterocycles. The highest BCUT2D eigenvalue weighted by Crippen LogP contribution is 2.37. The normalized spacial score (nSPS) is 11.2. The van der Waals surface area contributed by atoms with Crippen molar-refractivity contribution in [3.63, 3.8) is 0 Å². The first-order valence-electron chi connectivity index (χ1n) is 12.8. The van der Waals surface area contributed by atoms with Crippen LogP contribution < -0.4 is 18.9 Å². The fraction of sp³-hybridized carbons (Fsp3) is 0.138. The van der Waals surface area contributed by atoms with Gasteiger partial charge in [-0.2, -0.15) is 18.1 Å². The Morgan fingerprint density at radius 2 is 1.52 bits per heavy atom. The fourth-order valence-electron chi connectivity index (χ4n) is 3.81. The molecule has 0 radical (unpaired) electrons. The second-order valence-corrected chi connectivity index (χ2v) is 11.4. The molecule has 0 aliphatic rings. The van der Waals surface area contributed by atoms with E-state index in [-0.39, 0.29) is 43.3 Å². The summed E-state index contributed by atoms with van der Waals surface area (Å²) in [6.07, 6.45) is 6.36. The van der Waals surface area contributed by atoms with E-state index in [1.54, 1.807) is 36.9 Å². The van der Waals surface area contributed by atoms with Crippen LogP contribution in [0.3, 0.4) is 0 Å². The van der Waals surface area contributed by atoms with Gasteiger partial charge in [0.05, 0.1) is 10.0 Å². The van der Waals surface area contributed by atoms with Gasteiger partial charge in [-0.25, -0.2) is 15.0 Å². The van der Waals surface area contributed by atoms with Gasteiger partial charge in [0, 0.05) is 36.9 Å². The van der Waals surface area contributed by atoms with E-state index in [4.69, 9.17) is 9.47 Å². The summed E-state index contributed by atoms with van der Waals surface area (Å²) in [5, 5.41) is 0. The van der Waals surface area contributed by atoms with Crippen molar-refractivity contribution >= 4 is 32.0 Å². The minimum Gasteiger partial charge on any atom is -0.473 e. The van der Waals surface area contributed by atoms with Gasteiger partial charge in [0.25, 0.3) is 0 Å². The molecule has 0 unspecified atom stereocenters. The number of aryl methyl sites for hydroxylation is 1. The Hall–Kier alpha value is -4.46. The lowest BCUT2D eigenvalue weighted by molar-refractivity contribution is 0.202. The number of benzene rings is 2. The van der Waals surface area contributed by atoms with Crippen molar-refractivity contribution in [2.24, 2.45) is 0 Å². The fourth-order valence-corrected chi connectivity index (χ4v) is 4.85. The highest BCUT2D eigenvalue weighted by Gasteiger charge is 2.23. The van der Waals surface area contributed by atoms with Crippen LogP contribution >= 0.6 is 15.9 Å². The van der Waals surface area contributed by atoms with Crippen LogP contribution in [0.5, 0.6) is 11.9 Å². The van der Waals surface area contributed by atoms with E-state index in [0.717, 1.165) is 15.6 Å². The number of nitrogens with one attached hydrogen (secondary N) is 2. The third-order valence-electron chi connectivity index (χ3n) is 5.84. The van der Waals surface area contributed by atoms with E-state index in [1.807, 2.05) is 61.5 Å². The van der Waals surface area contributed by atoms with Gasteiger partial charge < -0.3 is 9.47 Å². The van der Waals surface area contributed by atoms with Crippen molar-refractivity contribution in [3.8, 4) is 34.4 Å². The molecular formula is C29H26BrN7O4S. The number of hydrogen-bond donors (Lipinski definition) is 2. The van der Waals surface area contributed by atoms with Crippen molar-refractivity contribution in [3.05, 3.63) is 107 Å². The van der Waals surface area contributed by atoms with Gasteiger partial charge in [-0.1, -0.05) is 60.2 Å². The average Bonchev–Trinajstić information content (AvgIpc) is 3.00. The summed E-state index contributed by atoms with van der Waals surface area (Å²) in [6.45, 7) is 2.24. The monoisotopic (exact) mass is 647 g/mol. The van der Waals surface area contributed by atoms with Crippen molar-refractivity contribution in [2.45, 2.75) is 13.5 Å². The second-order valence-electron chi connectivity index (χ2n) is 8.97. The SMILES string of the molecule is Cc1ccc(-c2c(NS(=O)(=O)NCc3ccccc3)nc(-c3ccncc3)nc2OCCOc2ncc(Br)cn2)cc1. The summed E-state index contributed by atoms with van der Waals surface area (Å²) in [7, 11) is -4.06. The number of nitrogens with zero attached hydrogens (tertiary/aromatic N) is 5. The molecule has 0 spiro atoms. The minimum absolute atomic E-state index is 0.0494. The van der Waals surface area contributed by atoms with Crippen LogP contribution in [-0.2, 0) is 16.8 Å². The predicted octanol–water partition coefficient (Wildman–Crippen LogP) is 4.97. The molecule has 42 heavy (non-hydrogen) atoms. The Morgan fingerprint density at radius 1 is 0.833 bits per heavy atom. The minimum atomic E-state index is -4.06. The topological polar surface area (TPSA) is 141 Å². The van der Waals surface area contributed by atoms with Crippen LogP contribution in [0, 0.1) is 6.92 Å². The van der Waals surface area contributed by atoms with Crippen LogP contribution in [0.15, 0.2) is 96.0 Å². The van der Waals surface area contributed by atoms with E-state index in [0.29, 0.717) is 16.7 Å². The zero-order valence-electron chi connectivity index (χ0n) is 22.4. The summed E-state index contributed by atoms with van der Waals surface area (Å²) in [6, 6.07) is 20.4. The number of aromatic nitrogens is 5. The lowest BCUT2D eigenvalue weighted by Gasteiger charge is -2.18. The first kappa shape index (κ1) is 29.0. The van der Waals surface area contributed by atoms with Crippen LogP contribution in [0.4, 0.5) is 5.82 Å². The average molecular weight is 649 g/mol. The Balaban J connectivity index is 1.49. The van der Waals surface area contributed by atoms with Crippen LogP contribution in [0.25, 0.3) is 22.5 Å². The smallest absolute Gasteiger partial charge is 0.316 e. The van der Waals surface area contributed by atoms with E-state index in [9.17, 15) is 8.42 Å². The molecule has 0 fully saturated rings. The van der Waals surface area contributed by atoms with Crippen molar-refractivity contribution in [2.75, 3.05) is 17.9 Å². The zero-order valence-corrected chi connectivity index (χ0v) is 24.8. The Labute approximate surface area is 251 Å². The van der Waals surface area contributed by atoms with Gasteiger partial charge in [0.2, 0.25) is 5.88 Å². The predicted molar refractivity (Wildman–Crippen MR) is 162 cm³/mol. The number of anilines is 1. The maximum absolute atomic E-state index is 13.2. The number of rotatable bonds is 12. The number of pyridine rings is 1. The molecule has 2 aromatic carbocycles. The zero-order chi connectivity index (χ0) is 29.4. The van der Waals surface area contributed by atoms with Crippen LogP contribution in [0.1, 0.15) is 11.1 Å². The molecule has 0 atom stereocenters. The van der Waals surface area contributed by atoms with Gasteiger partial charge in [-0.05, 0) is 46.1 Å². The molecular weight excluding hydrogens is 622 g/mol. The maximum atomic E-state index is 13.2. The van der Waals surface area contributed by atoms with E-state index < -0.39 is 10.2 Å². The summed E-state index contributed by atoms with van der Waals surface area (Å²) >= 11 is 3.29. The molecule has 3 heterocycles. The number of hydrogen-bond acceptors (Lipinski definition) is 9. The van der Waals surface area contributed by atoms with E-state index in [2.05, 4.69) is 50.3 Å². The summed E-state index contributed by atoms with van der Waals surface area (Å²) in [4.78, 5) is 21.5. The van der Waals surface area contributed by atoms with E-state index >= 15 is 0 Å². The molecule has 0 saturated heterocycles. The largest absolute Gasteiger partial charge is 0.473 e. The standard InChI is InChI=1S/C29H26BrN7O4S/c1-20-7-9-22(10-8-20)25-27(37-42(38,39)34-17-21-5-3-2-4-6-21)35-26(23-11-13-31-14-12-23)36-28(25)40-15-16-41-29-32-18-24(30)19-33-29/h2-14,18-19,34H,15-17H2,1H3,(H,35,36,37). The molecule has 13 heteroatoms. The van der Waals surface area contributed by atoms with Gasteiger partial charge in [-0.15, -0.1) is 0 Å². The molecule has 214 valence electrons. The highest BCUT2D eigenvalue weighted by molar-refractivity contribution is 9.10. The molecule has 0 aliphatic heterocycles. The van der Waals surface area contributed by atoms with Crippen molar-refractivity contribution in [1.29, 1.82) is 0 Å². The Bertz CT molecular complexity index is 1730. The molecule has 5 aromatic rings. The summed E-state index contributed by atoms with van der Waals surface area (Å²) < 4.78 is 44.1. The number of ether oxygens (including phenoxy) is 2. The van der Waals surface area contributed by atoms with Crippen molar-refractivity contribution in [1.82, 2.24) is 29.6 Å². The van der Waals surface area contributed by atoms with E-state index in [1.165, 1.54) is 0 Å². The lowest BCUT2D eigenvalue weighted by atomic mass is 10.1. The molecule has 0 bridgehead atoms. The van der Waals surface area contributed by atoms with Crippen LogP contribution in [-0.4, -0.2) is 46.6 Å². The first-order chi connectivity index (χ1) is 20.4. The second kappa shape index (κ2) is 13.5. The molecule has 0 saturated carbocycles. The molecule has 0 aliphatic carbocycles. The molecule has 5 rings (SSSR count). The highest BCUT2D eigenvalue weighted by atomic mass is 79.9. The van der Waals surface area contributed by atoms with Gasteiger partial charge in [-0.3, -0.25) is 9.71 Å². The van der Waals surface area contributed by atoms with Crippen molar-refractivity contribution < 1.29 is 17.9 Å². The van der Waals surface area contributed by atoms with Crippen LogP contribution in [0.2, 0.25) is 0 Å².